The second kappa shape index (κ2) is 7.96. The minimum absolute atomic E-state index is 0.000835. The summed E-state index contributed by atoms with van der Waals surface area (Å²) in [6, 6.07) is 7.32. The number of carbonyl (C=O) groups excluding carboxylic acids is 2. The smallest absolute Gasteiger partial charge is 0.332 e. The quantitative estimate of drug-likeness (QED) is 0.670. The van der Waals surface area contributed by atoms with Crippen molar-refractivity contribution in [2.45, 2.75) is 5.92 Å². The number of methoxy groups -OCH3 is 1. The molecule has 0 saturated carbocycles. The van der Waals surface area contributed by atoms with E-state index in [0.29, 0.717) is 5.56 Å². The minimum atomic E-state index is -0.908. The maximum Gasteiger partial charge on any atom is 0.332 e. The van der Waals surface area contributed by atoms with Gasteiger partial charge in [0, 0.05) is 20.2 Å². The van der Waals surface area contributed by atoms with Gasteiger partial charge < -0.3 is 15.4 Å². The zero-order valence-corrected chi connectivity index (χ0v) is 17.1. The van der Waals surface area contributed by atoms with Gasteiger partial charge in [-0.05, 0) is 17.7 Å². The van der Waals surface area contributed by atoms with E-state index in [4.69, 9.17) is 5.73 Å². The lowest BCUT2D eigenvalue weighted by Crippen LogP contribution is -2.41. The molecular formula is C20H17FN4O4S. The van der Waals surface area contributed by atoms with Crippen molar-refractivity contribution in [1.82, 2.24) is 9.47 Å². The number of benzene rings is 1. The number of nitriles is 1. The van der Waals surface area contributed by atoms with Gasteiger partial charge in [0.15, 0.2) is 0 Å². The first-order valence-electron chi connectivity index (χ1n) is 8.64. The molecule has 2 N–H and O–H groups in total. The summed E-state index contributed by atoms with van der Waals surface area (Å²) in [5.74, 6) is -2.74. The Balaban J connectivity index is 2.50. The molecule has 1 aliphatic heterocycles. The number of aromatic nitrogens is 1. The SMILES string of the molecule is COC(=O)/C=c1\sc2n(c1=O)C(N)=C(C#N)C(c1ccc(F)cc1)C=2C(=O)N(C)C. The number of nitrogens with zero attached hydrogens (tertiary/aromatic N) is 3. The number of allylic oxidation sites excluding steroid dienone is 1. The van der Waals surface area contributed by atoms with Crippen LogP contribution in [0.4, 0.5) is 4.39 Å². The zero-order chi connectivity index (χ0) is 22.2. The molecule has 1 unspecified atom stereocenters. The van der Waals surface area contributed by atoms with Gasteiger partial charge in [-0.3, -0.25) is 14.2 Å². The fourth-order valence-corrected chi connectivity index (χ4v) is 4.28. The summed E-state index contributed by atoms with van der Waals surface area (Å²) in [5.41, 5.74) is 6.08. The van der Waals surface area contributed by atoms with Crippen LogP contribution in [0.2, 0.25) is 0 Å². The van der Waals surface area contributed by atoms with Crippen LogP contribution >= 0.6 is 11.3 Å². The number of rotatable bonds is 3. The molecule has 2 aromatic rings. The number of esters is 1. The van der Waals surface area contributed by atoms with Crippen LogP contribution in [-0.2, 0) is 14.3 Å². The lowest BCUT2D eigenvalue weighted by Gasteiger charge is -2.26. The van der Waals surface area contributed by atoms with Crippen LogP contribution in [0.3, 0.4) is 0 Å². The fraction of sp³-hybridized carbons (Fsp3) is 0.200. The number of hydrogen-bond acceptors (Lipinski definition) is 7. The largest absolute Gasteiger partial charge is 0.466 e. The summed E-state index contributed by atoms with van der Waals surface area (Å²) in [6.07, 6.45) is 1.00. The molecule has 0 saturated heterocycles. The molecule has 3 rings (SSSR count). The highest BCUT2D eigenvalue weighted by Gasteiger charge is 2.36. The number of halogens is 1. The van der Waals surface area contributed by atoms with Crippen molar-refractivity contribution in [1.29, 1.82) is 5.26 Å². The van der Waals surface area contributed by atoms with E-state index in [0.717, 1.165) is 22.0 Å². The third kappa shape index (κ3) is 3.40. The molecule has 0 radical (unpaired) electrons. The van der Waals surface area contributed by atoms with E-state index in [1.165, 1.54) is 50.4 Å². The van der Waals surface area contributed by atoms with Crippen LogP contribution in [0.15, 0.2) is 34.6 Å². The summed E-state index contributed by atoms with van der Waals surface area (Å²) in [7, 11) is 4.23. The number of amides is 1. The molecule has 1 aromatic carbocycles. The highest BCUT2D eigenvalue weighted by Crippen LogP contribution is 2.36. The Morgan fingerprint density at radius 3 is 2.50 bits per heavy atom. The van der Waals surface area contributed by atoms with Gasteiger partial charge in [-0.25, -0.2) is 9.18 Å². The van der Waals surface area contributed by atoms with Gasteiger partial charge in [0.25, 0.3) is 11.5 Å². The van der Waals surface area contributed by atoms with Gasteiger partial charge in [0.2, 0.25) is 0 Å². The van der Waals surface area contributed by atoms with Crippen molar-refractivity contribution in [2.75, 3.05) is 21.2 Å². The molecule has 1 amide bonds. The van der Waals surface area contributed by atoms with Crippen molar-refractivity contribution >= 4 is 40.7 Å². The Kier molecular flexibility index (Phi) is 5.58. The van der Waals surface area contributed by atoms with Crippen molar-refractivity contribution < 1.29 is 18.7 Å². The first-order valence-corrected chi connectivity index (χ1v) is 9.45. The summed E-state index contributed by atoms with van der Waals surface area (Å²) in [4.78, 5) is 39.0. The maximum atomic E-state index is 13.5. The number of thiazole rings is 1. The average Bonchev–Trinajstić information content (AvgIpc) is 3.04. The lowest BCUT2D eigenvalue weighted by molar-refractivity contribution is -0.133. The molecule has 1 aromatic heterocycles. The first kappa shape index (κ1) is 21.0. The average molecular weight is 428 g/mol. The Hall–Kier alpha value is -3.71. The van der Waals surface area contributed by atoms with Crippen LogP contribution in [0, 0.1) is 17.1 Å². The Morgan fingerprint density at radius 2 is 1.97 bits per heavy atom. The molecule has 154 valence electrons. The van der Waals surface area contributed by atoms with E-state index < -0.39 is 29.2 Å². The van der Waals surface area contributed by atoms with Gasteiger partial charge in [0.05, 0.1) is 30.2 Å². The topological polar surface area (TPSA) is 118 Å². The number of ether oxygens (including phenoxy) is 1. The normalized spacial score (nSPS) is 16.2. The number of fused-ring (bicyclic) bond motifs is 1. The number of carbonyl (C=O) groups is 2. The van der Waals surface area contributed by atoms with Crippen molar-refractivity contribution in [2.24, 2.45) is 5.73 Å². The standard InChI is InChI=1S/C20H17FN4O4S/c1-24(2)19(28)16-15(10-4-6-11(21)7-5-10)12(9-22)17(23)25-18(27)13(30-20(16)25)8-14(26)29-3/h4-8,15H,23H2,1-3H3/b13-8-. The van der Waals surface area contributed by atoms with Crippen LogP contribution in [0.1, 0.15) is 11.5 Å². The monoisotopic (exact) mass is 428 g/mol. The molecule has 2 heterocycles. The van der Waals surface area contributed by atoms with Crippen LogP contribution < -0.4 is 20.5 Å². The van der Waals surface area contributed by atoms with Gasteiger partial charge in [-0.15, -0.1) is 11.3 Å². The molecule has 0 fully saturated rings. The van der Waals surface area contributed by atoms with Crippen LogP contribution in [0.25, 0.3) is 17.5 Å². The summed E-state index contributed by atoms with van der Waals surface area (Å²) in [6.45, 7) is 0. The second-order valence-electron chi connectivity index (χ2n) is 6.59. The van der Waals surface area contributed by atoms with Gasteiger partial charge in [-0.2, -0.15) is 5.26 Å². The third-order valence-electron chi connectivity index (χ3n) is 4.56. The molecule has 0 bridgehead atoms. The molecule has 10 heteroatoms. The summed E-state index contributed by atoms with van der Waals surface area (Å²) >= 11 is 0.889. The molecule has 0 spiro atoms. The van der Waals surface area contributed by atoms with E-state index in [1.54, 1.807) is 0 Å². The predicted molar refractivity (Wildman–Crippen MR) is 109 cm³/mol. The number of hydrogen-bond donors (Lipinski definition) is 1. The third-order valence-corrected chi connectivity index (χ3v) is 5.67. The highest BCUT2D eigenvalue weighted by molar-refractivity contribution is 7.07. The van der Waals surface area contributed by atoms with Crippen molar-refractivity contribution in [3.8, 4) is 6.07 Å². The Morgan fingerprint density at radius 1 is 1.33 bits per heavy atom. The molecule has 0 aliphatic carbocycles. The Labute approximate surface area is 174 Å². The maximum absolute atomic E-state index is 13.5. The van der Waals surface area contributed by atoms with Crippen LogP contribution in [-0.4, -0.2) is 42.5 Å². The summed E-state index contributed by atoms with van der Waals surface area (Å²) in [5, 5.41) is 9.80. The molecular weight excluding hydrogens is 411 g/mol. The lowest BCUT2D eigenvalue weighted by atomic mass is 9.83. The number of nitrogens with two attached hydrogens (primary N) is 1. The predicted octanol–water partition coefficient (Wildman–Crippen LogP) is -0.310. The van der Waals surface area contributed by atoms with E-state index >= 15 is 0 Å². The zero-order valence-electron chi connectivity index (χ0n) is 16.3. The van der Waals surface area contributed by atoms with Gasteiger partial charge >= 0.3 is 5.97 Å². The van der Waals surface area contributed by atoms with E-state index in [-0.39, 0.29) is 26.2 Å². The highest BCUT2D eigenvalue weighted by atomic mass is 32.1. The van der Waals surface area contributed by atoms with Crippen molar-refractivity contribution in [3.63, 3.8) is 0 Å². The Bertz CT molecular complexity index is 1300. The van der Waals surface area contributed by atoms with E-state index in [1.807, 2.05) is 6.07 Å². The first-order chi connectivity index (χ1) is 14.2. The van der Waals surface area contributed by atoms with Crippen molar-refractivity contribution in [3.05, 3.63) is 60.8 Å². The van der Waals surface area contributed by atoms with E-state index in [9.17, 15) is 24.0 Å². The second-order valence-corrected chi connectivity index (χ2v) is 7.62. The van der Waals surface area contributed by atoms with Gasteiger partial charge in [-0.1, -0.05) is 12.1 Å². The fourth-order valence-electron chi connectivity index (χ4n) is 3.15. The molecule has 1 aliphatic rings. The minimum Gasteiger partial charge on any atom is -0.466 e. The molecule has 1 atom stereocenters. The summed E-state index contributed by atoms with van der Waals surface area (Å²) < 4.78 is 19.3. The molecule has 8 nitrogen and oxygen atoms in total. The van der Waals surface area contributed by atoms with Crippen LogP contribution in [0.5, 0.6) is 0 Å². The molecule has 30 heavy (non-hydrogen) atoms. The van der Waals surface area contributed by atoms with Gasteiger partial charge in [0.1, 0.15) is 20.8 Å². The van der Waals surface area contributed by atoms with E-state index in [2.05, 4.69) is 4.74 Å².